The molecule has 4 nitrogen and oxygen atoms in total. The minimum Gasteiger partial charge on any atom is -0.395 e. The number of hydrogen-bond donors (Lipinski definition) is 2. The third-order valence-electron chi connectivity index (χ3n) is 2.38. The lowest BCUT2D eigenvalue weighted by molar-refractivity contribution is 0.101. The van der Waals surface area contributed by atoms with Crippen molar-refractivity contribution >= 4 is 11.5 Å². The molecule has 16 heavy (non-hydrogen) atoms. The number of hydrogen-bond acceptors (Lipinski definition) is 4. The van der Waals surface area contributed by atoms with Crippen molar-refractivity contribution < 1.29 is 15.0 Å². The highest BCUT2D eigenvalue weighted by atomic mass is 16.3. The van der Waals surface area contributed by atoms with Gasteiger partial charge >= 0.3 is 0 Å². The molecule has 88 valence electrons. The van der Waals surface area contributed by atoms with Gasteiger partial charge in [-0.1, -0.05) is 0 Å². The number of benzene rings is 1. The third kappa shape index (κ3) is 3.32. The van der Waals surface area contributed by atoms with Gasteiger partial charge in [0.2, 0.25) is 0 Å². The SMILES string of the molecule is CC(=O)c1ccc(N(CCO)CCO)cc1. The minimum atomic E-state index is 0.0300. The van der Waals surface area contributed by atoms with Crippen molar-refractivity contribution in [3.8, 4) is 0 Å². The van der Waals surface area contributed by atoms with Crippen LogP contribution in [0, 0.1) is 0 Å². The van der Waals surface area contributed by atoms with Crippen LogP contribution in [0.4, 0.5) is 5.69 Å². The van der Waals surface area contributed by atoms with Gasteiger partial charge in [0, 0.05) is 24.3 Å². The van der Waals surface area contributed by atoms with Crippen LogP contribution in [0.1, 0.15) is 17.3 Å². The van der Waals surface area contributed by atoms with Gasteiger partial charge in [-0.05, 0) is 31.2 Å². The van der Waals surface area contributed by atoms with E-state index in [-0.39, 0.29) is 19.0 Å². The maximum Gasteiger partial charge on any atom is 0.159 e. The summed E-state index contributed by atoms with van der Waals surface area (Å²) < 4.78 is 0. The van der Waals surface area contributed by atoms with Crippen LogP contribution in [-0.4, -0.2) is 42.3 Å². The number of carbonyl (C=O) groups excluding carboxylic acids is 1. The smallest absolute Gasteiger partial charge is 0.159 e. The molecule has 0 aliphatic carbocycles. The first-order chi connectivity index (χ1) is 7.69. The molecular formula is C12H17NO3. The van der Waals surface area contributed by atoms with E-state index in [4.69, 9.17) is 10.2 Å². The maximum absolute atomic E-state index is 11.1. The lowest BCUT2D eigenvalue weighted by Gasteiger charge is -2.22. The van der Waals surface area contributed by atoms with E-state index in [1.165, 1.54) is 6.92 Å². The Morgan fingerprint density at radius 1 is 1.12 bits per heavy atom. The summed E-state index contributed by atoms with van der Waals surface area (Å²) in [6.45, 7) is 2.54. The van der Waals surface area contributed by atoms with E-state index in [1.54, 1.807) is 12.1 Å². The molecule has 0 saturated heterocycles. The molecule has 4 heteroatoms. The number of aliphatic hydroxyl groups is 2. The monoisotopic (exact) mass is 223 g/mol. The van der Waals surface area contributed by atoms with Gasteiger partial charge in [-0.15, -0.1) is 0 Å². The largest absolute Gasteiger partial charge is 0.395 e. The number of anilines is 1. The molecular weight excluding hydrogens is 206 g/mol. The van der Waals surface area contributed by atoms with E-state index < -0.39 is 0 Å². The Hall–Kier alpha value is -1.39. The van der Waals surface area contributed by atoms with E-state index in [0.29, 0.717) is 18.7 Å². The summed E-state index contributed by atoms with van der Waals surface area (Å²) in [5, 5.41) is 17.8. The van der Waals surface area contributed by atoms with Gasteiger partial charge in [0.25, 0.3) is 0 Å². The molecule has 0 radical (unpaired) electrons. The number of nitrogens with zero attached hydrogens (tertiary/aromatic N) is 1. The Labute approximate surface area is 95.1 Å². The highest BCUT2D eigenvalue weighted by Gasteiger charge is 2.06. The normalized spacial score (nSPS) is 10.2. The summed E-state index contributed by atoms with van der Waals surface area (Å²) in [4.78, 5) is 12.9. The van der Waals surface area contributed by atoms with Gasteiger partial charge in [-0.25, -0.2) is 0 Å². The van der Waals surface area contributed by atoms with Crippen molar-refractivity contribution in [1.29, 1.82) is 0 Å². The lowest BCUT2D eigenvalue weighted by Crippen LogP contribution is -2.29. The van der Waals surface area contributed by atoms with Crippen LogP contribution in [0.25, 0.3) is 0 Å². The topological polar surface area (TPSA) is 60.8 Å². The molecule has 0 aliphatic heterocycles. The molecule has 0 aromatic heterocycles. The summed E-state index contributed by atoms with van der Waals surface area (Å²) >= 11 is 0. The first kappa shape index (κ1) is 12.7. The predicted octanol–water partition coefficient (Wildman–Crippen LogP) is 0.680. The van der Waals surface area contributed by atoms with Crippen LogP contribution < -0.4 is 4.90 Å². The van der Waals surface area contributed by atoms with E-state index in [9.17, 15) is 4.79 Å². The quantitative estimate of drug-likeness (QED) is 0.696. The van der Waals surface area contributed by atoms with E-state index in [2.05, 4.69) is 0 Å². The average molecular weight is 223 g/mol. The molecule has 0 atom stereocenters. The van der Waals surface area contributed by atoms with Crippen LogP contribution in [-0.2, 0) is 0 Å². The maximum atomic E-state index is 11.1. The summed E-state index contributed by atoms with van der Waals surface area (Å²) in [6, 6.07) is 7.14. The van der Waals surface area contributed by atoms with Gasteiger partial charge in [-0.3, -0.25) is 4.79 Å². The Morgan fingerprint density at radius 2 is 1.62 bits per heavy atom. The molecule has 0 bridgehead atoms. The number of rotatable bonds is 6. The van der Waals surface area contributed by atoms with Crippen molar-refractivity contribution in [3.05, 3.63) is 29.8 Å². The molecule has 0 aliphatic rings. The van der Waals surface area contributed by atoms with Crippen molar-refractivity contribution in [2.45, 2.75) is 6.92 Å². The van der Waals surface area contributed by atoms with E-state index >= 15 is 0 Å². The third-order valence-corrected chi connectivity index (χ3v) is 2.38. The van der Waals surface area contributed by atoms with Crippen molar-refractivity contribution in [3.63, 3.8) is 0 Å². The van der Waals surface area contributed by atoms with Crippen LogP contribution in [0.2, 0.25) is 0 Å². The molecule has 0 unspecified atom stereocenters. The average Bonchev–Trinajstić information content (AvgIpc) is 2.29. The van der Waals surface area contributed by atoms with Crippen LogP contribution in [0.3, 0.4) is 0 Å². The lowest BCUT2D eigenvalue weighted by atomic mass is 10.1. The highest BCUT2D eigenvalue weighted by Crippen LogP contribution is 2.15. The molecule has 1 aromatic rings. The molecule has 0 saturated carbocycles. The van der Waals surface area contributed by atoms with Gasteiger partial charge in [0.05, 0.1) is 13.2 Å². The minimum absolute atomic E-state index is 0.0300. The standard InChI is InChI=1S/C12H17NO3/c1-10(16)11-2-4-12(5-3-11)13(6-8-14)7-9-15/h2-5,14-15H,6-9H2,1H3. The summed E-state index contributed by atoms with van der Waals surface area (Å²) in [7, 11) is 0. The molecule has 1 aromatic carbocycles. The molecule has 0 heterocycles. The number of aliphatic hydroxyl groups excluding tert-OH is 2. The molecule has 2 N–H and O–H groups in total. The second-order valence-corrected chi connectivity index (χ2v) is 3.54. The number of ketones is 1. The summed E-state index contributed by atoms with van der Waals surface area (Å²) in [5.74, 6) is 0.0300. The fourth-order valence-electron chi connectivity index (χ4n) is 1.52. The fourth-order valence-corrected chi connectivity index (χ4v) is 1.52. The van der Waals surface area contributed by atoms with Gasteiger partial charge in [-0.2, -0.15) is 0 Å². The molecule has 0 spiro atoms. The second kappa shape index (κ2) is 6.25. The number of carbonyl (C=O) groups is 1. The zero-order chi connectivity index (χ0) is 12.0. The Balaban J connectivity index is 2.80. The number of Topliss-reactive ketones (excluding diaryl/α,β-unsaturated/α-hetero) is 1. The first-order valence-electron chi connectivity index (χ1n) is 5.26. The Bertz CT molecular complexity index is 329. The van der Waals surface area contributed by atoms with E-state index in [1.807, 2.05) is 17.0 Å². The van der Waals surface area contributed by atoms with E-state index in [0.717, 1.165) is 5.69 Å². The summed E-state index contributed by atoms with van der Waals surface area (Å²) in [5.41, 5.74) is 1.56. The van der Waals surface area contributed by atoms with Gasteiger partial charge in [0.15, 0.2) is 5.78 Å². The van der Waals surface area contributed by atoms with Crippen LogP contribution >= 0.6 is 0 Å². The molecule has 0 amide bonds. The Kier molecular flexibility index (Phi) is 4.95. The Morgan fingerprint density at radius 3 is 2.00 bits per heavy atom. The van der Waals surface area contributed by atoms with Crippen molar-refractivity contribution in [2.75, 3.05) is 31.2 Å². The van der Waals surface area contributed by atoms with Crippen molar-refractivity contribution in [1.82, 2.24) is 0 Å². The van der Waals surface area contributed by atoms with Crippen LogP contribution in [0.15, 0.2) is 24.3 Å². The zero-order valence-corrected chi connectivity index (χ0v) is 9.39. The van der Waals surface area contributed by atoms with Crippen LogP contribution in [0.5, 0.6) is 0 Å². The zero-order valence-electron chi connectivity index (χ0n) is 9.39. The predicted molar refractivity (Wildman–Crippen MR) is 62.8 cm³/mol. The van der Waals surface area contributed by atoms with Gasteiger partial charge in [0.1, 0.15) is 0 Å². The van der Waals surface area contributed by atoms with Gasteiger partial charge < -0.3 is 15.1 Å². The fraction of sp³-hybridized carbons (Fsp3) is 0.417. The first-order valence-corrected chi connectivity index (χ1v) is 5.26. The molecule has 0 fully saturated rings. The molecule has 1 rings (SSSR count). The summed E-state index contributed by atoms with van der Waals surface area (Å²) in [6.07, 6.45) is 0. The van der Waals surface area contributed by atoms with Crippen molar-refractivity contribution in [2.24, 2.45) is 0 Å². The second-order valence-electron chi connectivity index (χ2n) is 3.54. The highest BCUT2D eigenvalue weighted by molar-refractivity contribution is 5.94.